The molecule has 0 spiro atoms. The summed E-state index contributed by atoms with van der Waals surface area (Å²) in [5, 5.41) is 0. The Morgan fingerprint density at radius 2 is 2.33 bits per heavy atom. The van der Waals surface area contributed by atoms with E-state index in [1.54, 1.807) is 0 Å². The first-order valence-corrected chi connectivity index (χ1v) is 4.40. The number of nitrogens with one attached hydrogen (secondary N) is 1. The third-order valence-corrected chi connectivity index (χ3v) is 2.08. The van der Waals surface area contributed by atoms with Crippen molar-refractivity contribution in [3.63, 3.8) is 0 Å². The van der Waals surface area contributed by atoms with Crippen molar-refractivity contribution in [1.82, 2.24) is 4.72 Å². The lowest BCUT2D eigenvalue weighted by Crippen LogP contribution is -2.30. The lowest BCUT2D eigenvalue weighted by molar-refractivity contribution is -0.125. The maximum absolute atomic E-state index is 10.9. The molecule has 0 radical (unpaired) electrons. The molecule has 0 saturated heterocycles. The van der Waals surface area contributed by atoms with Crippen LogP contribution >= 0.6 is 11.9 Å². The second kappa shape index (κ2) is 3.11. The van der Waals surface area contributed by atoms with Crippen LogP contribution in [0, 0.1) is 5.92 Å². The minimum atomic E-state index is 0.216. The minimum Gasteiger partial charge on any atom is -0.300 e. The van der Waals surface area contributed by atoms with E-state index in [1.165, 1.54) is 18.4 Å². The molecule has 0 heterocycles. The molecule has 0 aromatic heterocycles. The number of hydrogen-bond acceptors (Lipinski definition) is 2. The number of hydrogen-bond donors (Lipinski definition) is 1. The summed E-state index contributed by atoms with van der Waals surface area (Å²) in [6.07, 6.45) is 5.28. The molecular weight excluding hydrogens is 134 g/mol. The maximum atomic E-state index is 10.9. The largest absolute Gasteiger partial charge is 0.300 e. The van der Waals surface area contributed by atoms with E-state index >= 15 is 0 Å². The summed E-state index contributed by atoms with van der Waals surface area (Å²) in [4.78, 5) is 10.9. The Morgan fingerprint density at radius 1 is 1.67 bits per heavy atom. The van der Waals surface area contributed by atoms with Gasteiger partial charge >= 0.3 is 0 Å². The molecule has 9 heavy (non-hydrogen) atoms. The van der Waals surface area contributed by atoms with Gasteiger partial charge in [0.1, 0.15) is 0 Å². The Bertz CT molecular complexity index is 112. The molecule has 0 aromatic rings. The van der Waals surface area contributed by atoms with E-state index in [-0.39, 0.29) is 5.91 Å². The van der Waals surface area contributed by atoms with Crippen LogP contribution in [0.4, 0.5) is 0 Å². The van der Waals surface area contributed by atoms with Crippen LogP contribution in [0.2, 0.25) is 0 Å². The monoisotopic (exact) mass is 145 g/mol. The lowest BCUT2D eigenvalue weighted by Gasteiger charge is -2.23. The van der Waals surface area contributed by atoms with Gasteiger partial charge in [-0.2, -0.15) is 0 Å². The minimum absolute atomic E-state index is 0.216. The van der Waals surface area contributed by atoms with E-state index in [2.05, 4.69) is 4.72 Å². The van der Waals surface area contributed by atoms with Gasteiger partial charge in [-0.15, -0.1) is 0 Å². The summed E-state index contributed by atoms with van der Waals surface area (Å²) < 4.78 is 2.73. The van der Waals surface area contributed by atoms with Gasteiger partial charge in [-0.3, -0.25) is 4.79 Å². The standard InChI is InChI=1S/C6H11NOS/c1-9-7-6(8)5-3-2-4-5/h5H,2-4H2,1H3,(H,7,8). The van der Waals surface area contributed by atoms with Crippen molar-refractivity contribution in [2.45, 2.75) is 19.3 Å². The molecule has 1 fully saturated rings. The number of carbonyl (C=O) groups excluding carboxylic acids is 1. The molecule has 0 unspecified atom stereocenters. The van der Waals surface area contributed by atoms with Gasteiger partial charge in [-0.1, -0.05) is 18.4 Å². The molecule has 0 bridgehead atoms. The normalized spacial score (nSPS) is 18.8. The molecule has 52 valence electrons. The predicted octanol–water partition coefficient (Wildman–Crippen LogP) is 1.18. The summed E-state index contributed by atoms with van der Waals surface area (Å²) in [6.45, 7) is 0. The lowest BCUT2D eigenvalue weighted by atomic mass is 9.85. The third-order valence-electron chi connectivity index (χ3n) is 1.68. The molecule has 1 rings (SSSR count). The molecule has 0 aromatic carbocycles. The van der Waals surface area contributed by atoms with E-state index in [4.69, 9.17) is 0 Å². The molecule has 1 aliphatic rings. The average Bonchev–Trinajstić information content (AvgIpc) is 1.60. The van der Waals surface area contributed by atoms with Crippen LogP contribution in [0.3, 0.4) is 0 Å². The van der Waals surface area contributed by atoms with Crippen molar-refractivity contribution in [2.75, 3.05) is 6.26 Å². The molecule has 1 saturated carbocycles. The first kappa shape index (κ1) is 6.93. The molecule has 1 aliphatic carbocycles. The van der Waals surface area contributed by atoms with E-state index in [0.29, 0.717) is 5.92 Å². The third kappa shape index (κ3) is 1.61. The quantitative estimate of drug-likeness (QED) is 0.591. The zero-order valence-electron chi connectivity index (χ0n) is 5.52. The van der Waals surface area contributed by atoms with Gasteiger partial charge in [0.15, 0.2) is 0 Å². The zero-order valence-corrected chi connectivity index (χ0v) is 6.33. The molecule has 0 atom stereocenters. The number of carbonyl (C=O) groups is 1. The molecule has 1 amide bonds. The Morgan fingerprint density at radius 3 is 2.67 bits per heavy atom. The zero-order chi connectivity index (χ0) is 6.69. The van der Waals surface area contributed by atoms with Crippen molar-refractivity contribution in [3.05, 3.63) is 0 Å². The highest BCUT2D eigenvalue weighted by molar-refractivity contribution is 7.97. The molecule has 3 heteroatoms. The Hall–Kier alpha value is -0.180. The van der Waals surface area contributed by atoms with Gasteiger partial charge in [0.2, 0.25) is 5.91 Å². The number of amides is 1. The van der Waals surface area contributed by atoms with Gasteiger partial charge in [0.25, 0.3) is 0 Å². The Labute approximate surface area is 59.5 Å². The van der Waals surface area contributed by atoms with Crippen LogP contribution in [-0.4, -0.2) is 12.2 Å². The topological polar surface area (TPSA) is 29.1 Å². The fourth-order valence-corrected chi connectivity index (χ4v) is 1.22. The van der Waals surface area contributed by atoms with E-state index in [0.717, 1.165) is 12.8 Å². The number of rotatable bonds is 2. The highest BCUT2D eigenvalue weighted by Gasteiger charge is 2.24. The fraction of sp³-hybridized carbons (Fsp3) is 0.833. The second-order valence-corrected chi connectivity index (χ2v) is 2.91. The van der Waals surface area contributed by atoms with Gasteiger partial charge in [-0.05, 0) is 12.8 Å². The average molecular weight is 145 g/mol. The Kier molecular flexibility index (Phi) is 2.39. The summed E-state index contributed by atoms with van der Waals surface area (Å²) in [7, 11) is 0. The van der Waals surface area contributed by atoms with Crippen molar-refractivity contribution in [2.24, 2.45) is 5.92 Å². The fourth-order valence-electron chi connectivity index (χ4n) is 0.854. The molecule has 2 nitrogen and oxygen atoms in total. The highest BCUT2D eigenvalue weighted by atomic mass is 32.2. The Balaban J connectivity index is 2.16. The summed E-state index contributed by atoms with van der Waals surface area (Å²) in [5.41, 5.74) is 0. The summed E-state index contributed by atoms with van der Waals surface area (Å²) >= 11 is 1.39. The highest BCUT2D eigenvalue weighted by Crippen LogP contribution is 2.26. The van der Waals surface area contributed by atoms with Crippen LogP contribution in [-0.2, 0) is 4.79 Å². The first-order valence-electron chi connectivity index (χ1n) is 3.17. The van der Waals surface area contributed by atoms with Crippen LogP contribution < -0.4 is 4.72 Å². The molecular formula is C6H11NOS. The van der Waals surface area contributed by atoms with E-state index < -0.39 is 0 Å². The predicted molar refractivity (Wildman–Crippen MR) is 39.0 cm³/mol. The van der Waals surface area contributed by atoms with Crippen LogP contribution in [0.1, 0.15) is 19.3 Å². The van der Waals surface area contributed by atoms with E-state index in [1.807, 2.05) is 6.26 Å². The van der Waals surface area contributed by atoms with Gasteiger partial charge in [0.05, 0.1) is 0 Å². The van der Waals surface area contributed by atoms with Crippen LogP contribution in [0.25, 0.3) is 0 Å². The smallest absolute Gasteiger partial charge is 0.232 e. The van der Waals surface area contributed by atoms with Gasteiger partial charge in [0, 0.05) is 12.2 Å². The van der Waals surface area contributed by atoms with Crippen molar-refractivity contribution in [1.29, 1.82) is 0 Å². The molecule has 1 N–H and O–H groups in total. The van der Waals surface area contributed by atoms with Gasteiger partial charge in [-0.25, -0.2) is 0 Å². The summed E-state index contributed by atoms with van der Waals surface area (Å²) in [5.74, 6) is 0.547. The van der Waals surface area contributed by atoms with Crippen molar-refractivity contribution in [3.8, 4) is 0 Å². The van der Waals surface area contributed by atoms with Crippen LogP contribution in [0.15, 0.2) is 0 Å². The van der Waals surface area contributed by atoms with Crippen molar-refractivity contribution >= 4 is 17.9 Å². The SMILES string of the molecule is CSNC(=O)C1CCC1. The van der Waals surface area contributed by atoms with Crippen LogP contribution in [0.5, 0.6) is 0 Å². The van der Waals surface area contributed by atoms with E-state index in [9.17, 15) is 4.79 Å². The maximum Gasteiger partial charge on any atom is 0.232 e. The molecule has 0 aliphatic heterocycles. The van der Waals surface area contributed by atoms with Gasteiger partial charge < -0.3 is 4.72 Å². The first-order chi connectivity index (χ1) is 4.34. The summed E-state index contributed by atoms with van der Waals surface area (Å²) in [6, 6.07) is 0. The second-order valence-electron chi connectivity index (χ2n) is 2.30. The van der Waals surface area contributed by atoms with Crippen molar-refractivity contribution < 1.29 is 4.79 Å².